The van der Waals surface area contributed by atoms with E-state index in [0.717, 1.165) is 0 Å². The zero-order chi connectivity index (χ0) is 15.4. The topological polar surface area (TPSA) is 112 Å². The SMILES string of the molecule is CC(NC(=O)Nc1ccc(O)c(C(=O)O)c1)c1ccco1. The lowest BCUT2D eigenvalue weighted by Gasteiger charge is -2.13. The maximum atomic E-state index is 11.8. The number of anilines is 1. The van der Waals surface area contributed by atoms with E-state index in [2.05, 4.69) is 10.6 Å². The molecule has 0 saturated carbocycles. The van der Waals surface area contributed by atoms with Gasteiger partial charge in [-0.25, -0.2) is 9.59 Å². The minimum Gasteiger partial charge on any atom is -0.507 e. The second kappa shape index (κ2) is 6.00. The summed E-state index contributed by atoms with van der Waals surface area (Å²) in [5, 5.41) is 23.4. The van der Waals surface area contributed by atoms with Crippen LogP contribution < -0.4 is 10.6 Å². The molecule has 0 bridgehead atoms. The number of carbonyl (C=O) groups is 2. The number of benzene rings is 1. The van der Waals surface area contributed by atoms with Crippen molar-refractivity contribution in [1.82, 2.24) is 5.32 Å². The lowest BCUT2D eigenvalue weighted by molar-refractivity contribution is 0.0693. The Hall–Kier alpha value is -2.96. The Morgan fingerprint density at radius 1 is 1.29 bits per heavy atom. The third-order valence-corrected chi connectivity index (χ3v) is 2.80. The number of aromatic hydroxyl groups is 1. The standard InChI is InChI=1S/C14H14N2O5/c1-8(12-3-2-6-21-12)15-14(20)16-9-4-5-11(17)10(7-9)13(18)19/h2-8,17H,1H3,(H,18,19)(H2,15,16,20). The average Bonchev–Trinajstić information content (AvgIpc) is 2.94. The number of aromatic carboxylic acids is 1. The van der Waals surface area contributed by atoms with Gasteiger partial charge in [0.05, 0.1) is 12.3 Å². The van der Waals surface area contributed by atoms with Gasteiger partial charge in [0.15, 0.2) is 0 Å². The van der Waals surface area contributed by atoms with Crippen LogP contribution in [0.2, 0.25) is 0 Å². The van der Waals surface area contributed by atoms with Gasteiger partial charge < -0.3 is 25.3 Å². The van der Waals surface area contributed by atoms with Crippen molar-refractivity contribution in [3.8, 4) is 5.75 Å². The minimum atomic E-state index is -1.28. The molecule has 7 nitrogen and oxygen atoms in total. The molecule has 0 aliphatic carbocycles. The van der Waals surface area contributed by atoms with Crippen molar-refractivity contribution < 1.29 is 24.2 Å². The Kier molecular flexibility index (Phi) is 4.13. The summed E-state index contributed by atoms with van der Waals surface area (Å²) in [6.45, 7) is 1.75. The van der Waals surface area contributed by atoms with Gasteiger partial charge in [0.1, 0.15) is 17.1 Å². The van der Waals surface area contributed by atoms with Crippen LogP contribution in [0.25, 0.3) is 0 Å². The molecule has 1 heterocycles. The largest absolute Gasteiger partial charge is 0.507 e. The van der Waals surface area contributed by atoms with Gasteiger partial charge in [0.2, 0.25) is 0 Å². The van der Waals surface area contributed by atoms with E-state index in [1.54, 1.807) is 19.1 Å². The van der Waals surface area contributed by atoms with Crippen LogP contribution in [0.4, 0.5) is 10.5 Å². The predicted octanol–water partition coefficient (Wildman–Crippen LogP) is 2.57. The van der Waals surface area contributed by atoms with Crippen molar-refractivity contribution in [2.75, 3.05) is 5.32 Å². The third-order valence-electron chi connectivity index (χ3n) is 2.80. The van der Waals surface area contributed by atoms with E-state index >= 15 is 0 Å². The van der Waals surface area contributed by atoms with E-state index in [1.165, 1.54) is 24.5 Å². The fraction of sp³-hybridized carbons (Fsp3) is 0.143. The van der Waals surface area contributed by atoms with Crippen LogP contribution >= 0.6 is 0 Å². The molecule has 1 aromatic heterocycles. The normalized spacial score (nSPS) is 11.7. The fourth-order valence-corrected chi connectivity index (χ4v) is 1.76. The van der Waals surface area contributed by atoms with E-state index in [4.69, 9.17) is 9.52 Å². The summed E-state index contributed by atoms with van der Waals surface area (Å²) in [5.41, 5.74) is -0.0266. The number of phenols is 1. The smallest absolute Gasteiger partial charge is 0.339 e. The van der Waals surface area contributed by atoms with Crippen LogP contribution in [0.1, 0.15) is 29.1 Å². The van der Waals surface area contributed by atoms with Crippen LogP contribution in [0.3, 0.4) is 0 Å². The van der Waals surface area contributed by atoms with E-state index in [9.17, 15) is 14.7 Å². The summed E-state index contributed by atoms with van der Waals surface area (Å²) < 4.78 is 5.16. The van der Waals surface area contributed by atoms with Gasteiger partial charge in [-0.05, 0) is 37.3 Å². The highest BCUT2D eigenvalue weighted by Gasteiger charge is 2.14. The number of amides is 2. The molecule has 2 aromatic rings. The van der Waals surface area contributed by atoms with Crippen LogP contribution in [-0.2, 0) is 0 Å². The molecule has 1 aromatic carbocycles. The molecule has 7 heteroatoms. The van der Waals surface area contributed by atoms with Crippen LogP contribution in [-0.4, -0.2) is 22.2 Å². The number of urea groups is 1. The molecular formula is C14H14N2O5. The number of rotatable bonds is 4. The maximum absolute atomic E-state index is 11.8. The zero-order valence-electron chi connectivity index (χ0n) is 11.2. The number of nitrogens with one attached hydrogen (secondary N) is 2. The van der Waals surface area contributed by atoms with Gasteiger partial charge in [0, 0.05) is 5.69 Å². The van der Waals surface area contributed by atoms with E-state index in [0.29, 0.717) is 5.76 Å². The molecule has 21 heavy (non-hydrogen) atoms. The lowest BCUT2D eigenvalue weighted by atomic mass is 10.2. The van der Waals surface area contributed by atoms with Gasteiger partial charge in [-0.3, -0.25) is 0 Å². The quantitative estimate of drug-likeness (QED) is 0.646. The molecule has 0 radical (unpaired) electrons. The van der Waals surface area contributed by atoms with Gasteiger partial charge in [-0.2, -0.15) is 0 Å². The Labute approximate surface area is 120 Å². The number of hydrogen-bond donors (Lipinski definition) is 4. The molecule has 110 valence electrons. The molecule has 0 aliphatic rings. The molecule has 2 rings (SSSR count). The lowest BCUT2D eigenvalue weighted by Crippen LogP contribution is -2.31. The van der Waals surface area contributed by atoms with Crippen LogP contribution in [0.5, 0.6) is 5.75 Å². The summed E-state index contributed by atoms with van der Waals surface area (Å²) in [6.07, 6.45) is 1.50. The molecule has 0 aliphatic heterocycles. The van der Waals surface area contributed by atoms with E-state index in [1.807, 2.05) is 0 Å². The van der Waals surface area contributed by atoms with Crippen molar-refractivity contribution in [2.24, 2.45) is 0 Å². The monoisotopic (exact) mass is 290 g/mol. The molecule has 2 amide bonds. The van der Waals surface area contributed by atoms with E-state index in [-0.39, 0.29) is 23.0 Å². The maximum Gasteiger partial charge on any atom is 0.339 e. The van der Waals surface area contributed by atoms with Gasteiger partial charge in [-0.1, -0.05) is 0 Å². The van der Waals surface area contributed by atoms with Gasteiger partial charge in [0.25, 0.3) is 0 Å². The van der Waals surface area contributed by atoms with Gasteiger partial charge in [-0.15, -0.1) is 0 Å². The second-order valence-electron chi connectivity index (χ2n) is 4.37. The number of carboxylic acids is 1. The Balaban J connectivity index is 2.03. The number of carboxylic acid groups (broad SMARTS) is 1. The van der Waals surface area contributed by atoms with Crippen molar-refractivity contribution in [3.05, 3.63) is 47.9 Å². The third kappa shape index (κ3) is 3.53. The van der Waals surface area contributed by atoms with Crippen LogP contribution in [0, 0.1) is 0 Å². The summed E-state index contributed by atoms with van der Waals surface area (Å²) in [4.78, 5) is 22.7. The first kappa shape index (κ1) is 14.4. The van der Waals surface area contributed by atoms with E-state index < -0.39 is 12.0 Å². The zero-order valence-corrected chi connectivity index (χ0v) is 11.2. The van der Waals surface area contributed by atoms with Crippen molar-refractivity contribution >= 4 is 17.7 Å². The van der Waals surface area contributed by atoms with Crippen molar-refractivity contribution in [2.45, 2.75) is 13.0 Å². The molecule has 0 fully saturated rings. The first-order valence-electron chi connectivity index (χ1n) is 6.14. The molecule has 0 spiro atoms. The van der Waals surface area contributed by atoms with Crippen LogP contribution in [0.15, 0.2) is 41.0 Å². The molecule has 0 saturated heterocycles. The Morgan fingerprint density at radius 3 is 2.67 bits per heavy atom. The molecule has 1 unspecified atom stereocenters. The average molecular weight is 290 g/mol. The summed E-state index contributed by atoms with van der Waals surface area (Å²) >= 11 is 0. The highest BCUT2D eigenvalue weighted by Crippen LogP contribution is 2.21. The van der Waals surface area contributed by atoms with Crippen molar-refractivity contribution in [1.29, 1.82) is 0 Å². The highest BCUT2D eigenvalue weighted by atomic mass is 16.4. The number of carbonyl (C=O) groups excluding carboxylic acids is 1. The minimum absolute atomic E-state index is 0.259. The Morgan fingerprint density at radius 2 is 2.05 bits per heavy atom. The van der Waals surface area contributed by atoms with Gasteiger partial charge >= 0.3 is 12.0 Å². The number of furan rings is 1. The summed E-state index contributed by atoms with van der Waals surface area (Å²) in [7, 11) is 0. The fourth-order valence-electron chi connectivity index (χ4n) is 1.76. The van der Waals surface area contributed by atoms with Crippen molar-refractivity contribution in [3.63, 3.8) is 0 Å². The Bertz CT molecular complexity index is 651. The highest BCUT2D eigenvalue weighted by molar-refractivity contribution is 5.95. The predicted molar refractivity (Wildman–Crippen MR) is 74.3 cm³/mol. The summed E-state index contributed by atoms with van der Waals surface area (Å²) in [6, 6.07) is 6.37. The second-order valence-corrected chi connectivity index (χ2v) is 4.37. The molecule has 4 N–H and O–H groups in total. The summed E-state index contributed by atoms with van der Waals surface area (Å²) in [5.74, 6) is -1.04. The first-order chi connectivity index (χ1) is 9.97. The molecular weight excluding hydrogens is 276 g/mol. The molecule has 1 atom stereocenters. The first-order valence-corrected chi connectivity index (χ1v) is 6.14. The number of hydrogen-bond acceptors (Lipinski definition) is 4.